The van der Waals surface area contributed by atoms with Crippen molar-refractivity contribution in [1.82, 2.24) is 0 Å². The van der Waals surface area contributed by atoms with Crippen LogP contribution in [0.1, 0.15) is 47.6 Å². The lowest BCUT2D eigenvalue weighted by Gasteiger charge is -2.16. The molecule has 0 radical (unpaired) electrons. The van der Waals surface area contributed by atoms with Crippen molar-refractivity contribution in [2.75, 3.05) is 6.61 Å². The number of carbonyl (C=O) groups is 1. The van der Waals surface area contributed by atoms with E-state index in [1.165, 1.54) is 11.1 Å². The molecule has 2 aromatic rings. The van der Waals surface area contributed by atoms with Crippen LogP contribution in [0.4, 0.5) is 0 Å². The molecule has 2 rings (SSSR count). The molecule has 0 fully saturated rings. The summed E-state index contributed by atoms with van der Waals surface area (Å²) in [5, 5.41) is 10.7. The van der Waals surface area contributed by atoms with E-state index >= 15 is 0 Å². The second-order valence-electron chi connectivity index (χ2n) is 6.29. The molecule has 0 saturated carbocycles. The molecule has 0 amide bonds. The van der Waals surface area contributed by atoms with Crippen molar-refractivity contribution in [2.45, 2.75) is 40.0 Å². The van der Waals surface area contributed by atoms with Gasteiger partial charge in [-0.3, -0.25) is 0 Å². The third-order valence-corrected chi connectivity index (χ3v) is 3.95. The van der Waals surface area contributed by atoms with Gasteiger partial charge in [0.05, 0.1) is 5.97 Å². The van der Waals surface area contributed by atoms with Crippen LogP contribution in [0.2, 0.25) is 0 Å². The largest absolute Gasteiger partial charge is 0.546 e. The van der Waals surface area contributed by atoms with Crippen molar-refractivity contribution in [1.29, 1.82) is 0 Å². The summed E-state index contributed by atoms with van der Waals surface area (Å²) >= 11 is 0. The van der Waals surface area contributed by atoms with Crippen molar-refractivity contribution < 1.29 is 14.6 Å². The molecule has 3 nitrogen and oxygen atoms in total. The minimum absolute atomic E-state index is 0.428. The number of benzene rings is 2. The van der Waals surface area contributed by atoms with Crippen molar-refractivity contribution >= 4 is 5.97 Å². The Morgan fingerprint density at radius 3 is 2.35 bits per heavy atom. The maximum absolute atomic E-state index is 10.7. The van der Waals surface area contributed by atoms with Crippen LogP contribution in [-0.2, 0) is 11.2 Å². The number of carboxylic acid groups (broad SMARTS) is 1. The molecule has 0 aliphatic rings. The van der Waals surface area contributed by atoms with Crippen LogP contribution in [0.5, 0.6) is 5.75 Å². The Labute approximate surface area is 137 Å². The molecule has 0 N–H and O–H groups in total. The highest BCUT2D eigenvalue weighted by atomic mass is 16.5. The van der Waals surface area contributed by atoms with E-state index in [-0.39, 0.29) is 0 Å². The Morgan fingerprint density at radius 1 is 1.13 bits per heavy atom. The molecule has 0 bridgehead atoms. The Balaban J connectivity index is 2.28. The molecule has 0 aliphatic heterocycles. The normalized spacial score (nSPS) is 10.8. The lowest BCUT2D eigenvalue weighted by atomic mass is 9.95. The molecule has 0 unspecified atom stereocenters. The van der Waals surface area contributed by atoms with Gasteiger partial charge in [-0.2, -0.15) is 0 Å². The van der Waals surface area contributed by atoms with Crippen molar-refractivity contribution in [3.63, 3.8) is 0 Å². The predicted octanol–water partition coefficient (Wildman–Crippen LogP) is 3.15. The van der Waals surface area contributed by atoms with Gasteiger partial charge < -0.3 is 14.6 Å². The second kappa shape index (κ2) is 7.32. The fourth-order valence-corrected chi connectivity index (χ4v) is 2.68. The highest BCUT2D eigenvalue weighted by Gasteiger charge is 2.10. The first-order valence-corrected chi connectivity index (χ1v) is 7.88. The maximum atomic E-state index is 10.7. The van der Waals surface area contributed by atoms with Gasteiger partial charge in [-0.1, -0.05) is 44.2 Å². The summed E-state index contributed by atoms with van der Waals surface area (Å²) in [6.07, 6.45) is 0.715. The third-order valence-electron chi connectivity index (χ3n) is 3.95. The van der Waals surface area contributed by atoms with E-state index in [9.17, 15) is 9.90 Å². The number of carboxylic acids is 1. The Hall–Kier alpha value is -2.29. The van der Waals surface area contributed by atoms with Crippen LogP contribution in [0.25, 0.3) is 0 Å². The van der Waals surface area contributed by atoms with Gasteiger partial charge in [0.25, 0.3) is 0 Å². The minimum Gasteiger partial charge on any atom is -0.546 e. The van der Waals surface area contributed by atoms with Crippen molar-refractivity contribution in [3.8, 4) is 5.75 Å². The number of hydrogen-bond acceptors (Lipinski definition) is 3. The van der Waals surface area contributed by atoms with Crippen LogP contribution in [0.15, 0.2) is 36.4 Å². The Morgan fingerprint density at radius 2 is 1.78 bits per heavy atom. The first-order chi connectivity index (χ1) is 10.9. The summed E-state index contributed by atoms with van der Waals surface area (Å²) in [6, 6.07) is 12.5. The van der Waals surface area contributed by atoms with Crippen LogP contribution >= 0.6 is 0 Å². The summed E-state index contributed by atoms with van der Waals surface area (Å²) in [5.41, 5.74) is 5.66. The topological polar surface area (TPSA) is 49.4 Å². The zero-order valence-corrected chi connectivity index (χ0v) is 14.2. The van der Waals surface area contributed by atoms with Gasteiger partial charge >= 0.3 is 0 Å². The number of rotatable bonds is 6. The van der Waals surface area contributed by atoms with Gasteiger partial charge in [-0.15, -0.1) is 0 Å². The maximum Gasteiger partial charge on any atom is 0.128 e. The van der Waals surface area contributed by atoms with E-state index in [2.05, 4.69) is 44.2 Å². The highest BCUT2D eigenvalue weighted by molar-refractivity contribution is 5.66. The molecule has 0 saturated heterocycles. The first-order valence-electron chi connectivity index (χ1n) is 7.88. The van der Waals surface area contributed by atoms with Crippen LogP contribution in [-0.4, -0.2) is 12.6 Å². The van der Waals surface area contributed by atoms with Crippen LogP contribution in [0, 0.1) is 13.8 Å². The number of aliphatic carboxylic acids is 1. The zero-order chi connectivity index (χ0) is 17.0. The van der Waals surface area contributed by atoms with Gasteiger partial charge in [0.2, 0.25) is 0 Å². The summed E-state index contributed by atoms with van der Waals surface area (Å²) in [5.74, 6) is -0.0804. The smallest absolute Gasteiger partial charge is 0.128 e. The SMILES string of the molecule is Cc1cc(C)c(Cc2ccc(C(C)C)cc2)c(OCC(=O)[O-])c1. The van der Waals surface area contributed by atoms with E-state index in [1.54, 1.807) is 0 Å². The van der Waals surface area contributed by atoms with E-state index in [4.69, 9.17) is 4.74 Å². The zero-order valence-electron chi connectivity index (χ0n) is 14.2. The van der Waals surface area contributed by atoms with Crippen LogP contribution < -0.4 is 9.84 Å². The fraction of sp³-hybridized carbons (Fsp3) is 0.350. The van der Waals surface area contributed by atoms with Crippen molar-refractivity contribution in [2.24, 2.45) is 0 Å². The molecule has 0 aromatic heterocycles. The molecule has 0 heterocycles. The summed E-state index contributed by atoms with van der Waals surface area (Å²) in [6.45, 7) is 7.91. The van der Waals surface area contributed by atoms with E-state index in [0.29, 0.717) is 18.1 Å². The quantitative estimate of drug-likeness (QED) is 0.823. The lowest BCUT2D eigenvalue weighted by Crippen LogP contribution is -2.29. The molecule has 0 atom stereocenters. The first kappa shape index (κ1) is 17.1. The Kier molecular flexibility index (Phi) is 5.43. The van der Waals surface area contributed by atoms with Gasteiger partial charge in [-0.25, -0.2) is 0 Å². The van der Waals surface area contributed by atoms with Crippen molar-refractivity contribution in [3.05, 3.63) is 64.2 Å². The van der Waals surface area contributed by atoms with Gasteiger partial charge in [-0.05, 0) is 48.1 Å². The molecule has 23 heavy (non-hydrogen) atoms. The average molecular weight is 311 g/mol. The monoisotopic (exact) mass is 311 g/mol. The average Bonchev–Trinajstić information content (AvgIpc) is 2.48. The molecule has 0 aliphatic carbocycles. The Bertz CT molecular complexity index is 685. The minimum atomic E-state index is -1.21. The number of carbonyl (C=O) groups excluding carboxylic acids is 1. The van der Waals surface area contributed by atoms with E-state index in [1.807, 2.05) is 19.9 Å². The molecule has 2 aromatic carbocycles. The number of ether oxygens (including phenoxy) is 1. The second-order valence-corrected chi connectivity index (χ2v) is 6.29. The molecule has 0 spiro atoms. The number of hydrogen-bond donors (Lipinski definition) is 0. The standard InChI is InChI=1S/C20H24O3/c1-13(2)17-7-5-16(6-8-17)11-18-15(4)9-14(3)10-19(18)23-12-20(21)22/h5-10,13H,11-12H2,1-4H3,(H,21,22)/p-1. The summed E-state index contributed by atoms with van der Waals surface area (Å²) in [4.78, 5) is 10.7. The fourth-order valence-electron chi connectivity index (χ4n) is 2.68. The lowest BCUT2D eigenvalue weighted by molar-refractivity contribution is -0.307. The predicted molar refractivity (Wildman–Crippen MR) is 89.8 cm³/mol. The molecule has 122 valence electrons. The van der Waals surface area contributed by atoms with Gasteiger partial charge in [0, 0.05) is 12.0 Å². The molecular formula is C20H23O3-. The van der Waals surface area contributed by atoms with Gasteiger partial charge in [0.15, 0.2) is 0 Å². The number of aryl methyl sites for hydroxylation is 2. The summed E-state index contributed by atoms with van der Waals surface area (Å²) in [7, 11) is 0. The third kappa shape index (κ3) is 4.59. The van der Waals surface area contributed by atoms with E-state index in [0.717, 1.165) is 16.7 Å². The molecular weight excluding hydrogens is 288 g/mol. The highest BCUT2D eigenvalue weighted by Crippen LogP contribution is 2.27. The van der Waals surface area contributed by atoms with Crippen LogP contribution in [0.3, 0.4) is 0 Å². The summed E-state index contributed by atoms with van der Waals surface area (Å²) < 4.78 is 5.43. The van der Waals surface area contributed by atoms with E-state index < -0.39 is 12.6 Å². The molecule has 3 heteroatoms. The van der Waals surface area contributed by atoms with Gasteiger partial charge in [0.1, 0.15) is 12.4 Å².